The first-order valence-corrected chi connectivity index (χ1v) is 5.16. The van der Waals surface area contributed by atoms with Crippen molar-refractivity contribution >= 4 is 23.3 Å². The molecule has 6 heteroatoms. The van der Waals surface area contributed by atoms with Gasteiger partial charge >= 0.3 is 5.97 Å². The smallest absolute Gasteiger partial charge is 0.338 e. The van der Waals surface area contributed by atoms with E-state index in [0.29, 0.717) is 0 Å². The summed E-state index contributed by atoms with van der Waals surface area (Å²) in [6.07, 6.45) is 3.39. The fourth-order valence-corrected chi connectivity index (χ4v) is 1.27. The molecule has 0 bridgehead atoms. The number of halogens is 1. The Labute approximate surface area is 103 Å². The number of hydrogen-bond donors (Lipinski definition) is 0. The van der Waals surface area contributed by atoms with Gasteiger partial charge in [0, 0.05) is 6.07 Å². The summed E-state index contributed by atoms with van der Waals surface area (Å²) in [5, 5.41) is 10.6. The van der Waals surface area contributed by atoms with Gasteiger partial charge in [-0.05, 0) is 19.1 Å². The highest BCUT2D eigenvalue weighted by Crippen LogP contribution is 2.25. The van der Waals surface area contributed by atoms with Crippen LogP contribution in [0.25, 0.3) is 0 Å². The predicted octanol–water partition coefficient (Wildman–Crippen LogP) is 2.98. The molecular formula is C11H10ClNO4. The number of esters is 1. The van der Waals surface area contributed by atoms with Crippen LogP contribution in [0.15, 0.2) is 30.4 Å². The van der Waals surface area contributed by atoms with Gasteiger partial charge in [0.2, 0.25) is 0 Å². The third-order valence-electron chi connectivity index (χ3n) is 1.92. The summed E-state index contributed by atoms with van der Waals surface area (Å²) >= 11 is 5.62. The van der Waals surface area contributed by atoms with Gasteiger partial charge in [-0.1, -0.05) is 23.8 Å². The fourth-order valence-electron chi connectivity index (χ4n) is 1.08. The highest BCUT2D eigenvalue weighted by molar-refractivity contribution is 6.32. The number of allylic oxidation sites excluding steroid dienone is 1. The van der Waals surface area contributed by atoms with E-state index in [0.717, 1.165) is 6.07 Å². The molecule has 1 aromatic rings. The van der Waals surface area contributed by atoms with Crippen molar-refractivity contribution in [2.24, 2.45) is 0 Å². The molecule has 5 nitrogen and oxygen atoms in total. The Morgan fingerprint density at radius 2 is 2.29 bits per heavy atom. The summed E-state index contributed by atoms with van der Waals surface area (Å²) in [6.45, 7) is 1.92. The summed E-state index contributed by atoms with van der Waals surface area (Å²) in [5.41, 5.74) is -0.210. The SMILES string of the molecule is C/C=C/COC(=O)c1ccc(Cl)c([N+](=O)[O-])c1. The second-order valence-electron chi connectivity index (χ2n) is 3.09. The van der Waals surface area contributed by atoms with Gasteiger partial charge in [-0.3, -0.25) is 10.1 Å². The molecule has 0 N–H and O–H groups in total. The Kier molecular flexibility index (Phi) is 4.66. The zero-order valence-corrected chi connectivity index (χ0v) is 9.81. The maximum atomic E-state index is 11.5. The number of carbonyl (C=O) groups is 1. The molecule has 0 amide bonds. The van der Waals surface area contributed by atoms with Crippen LogP contribution in [0.4, 0.5) is 5.69 Å². The van der Waals surface area contributed by atoms with Gasteiger partial charge in [-0.25, -0.2) is 4.79 Å². The lowest BCUT2D eigenvalue weighted by Gasteiger charge is -2.02. The zero-order valence-electron chi connectivity index (χ0n) is 9.05. The fraction of sp³-hybridized carbons (Fsp3) is 0.182. The van der Waals surface area contributed by atoms with Crippen molar-refractivity contribution in [1.29, 1.82) is 0 Å². The third kappa shape index (κ3) is 3.57. The third-order valence-corrected chi connectivity index (χ3v) is 2.24. The second kappa shape index (κ2) is 6.00. The van der Waals surface area contributed by atoms with Crippen molar-refractivity contribution in [3.8, 4) is 0 Å². The van der Waals surface area contributed by atoms with Crippen LogP contribution in [0.1, 0.15) is 17.3 Å². The van der Waals surface area contributed by atoms with E-state index < -0.39 is 10.9 Å². The summed E-state index contributed by atoms with van der Waals surface area (Å²) in [6, 6.07) is 3.78. The highest BCUT2D eigenvalue weighted by atomic mass is 35.5. The van der Waals surface area contributed by atoms with Crippen molar-refractivity contribution in [3.05, 3.63) is 51.1 Å². The molecule has 0 saturated carbocycles. The van der Waals surface area contributed by atoms with Crippen LogP contribution < -0.4 is 0 Å². The van der Waals surface area contributed by atoms with Crippen molar-refractivity contribution in [3.63, 3.8) is 0 Å². The number of rotatable bonds is 4. The Morgan fingerprint density at radius 1 is 1.59 bits per heavy atom. The van der Waals surface area contributed by atoms with E-state index in [-0.39, 0.29) is 22.9 Å². The molecule has 0 spiro atoms. The standard InChI is InChI=1S/C11H10ClNO4/c1-2-3-6-17-11(14)8-4-5-9(12)10(7-8)13(15)16/h2-5,7H,6H2,1H3/b3-2+. The molecule has 0 saturated heterocycles. The molecule has 0 heterocycles. The molecular weight excluding hydrogens is 246 g/mol. The number of benzene rings is 1. The topological polar surface area (TPSA) is 69.4 Å². The van der Waals surface area contributed by atoms with Crippen molar-refractivity contribution in [2.45, 2.75) is 6.92 Å². The number of ether oxygens (including phenoxy) is 1. The van der Waals surface area contributed by atoms with Crippen LogP contribution >= 0.6 is 11.6 Å². The number of nitro groups is 1. The lowest BCUT2D eigenvalue weighted by atomic mass is 10.2. The number of hydrogen-bond acceptors (Lipinski definition) is 4. The van der Waals surface area contributed by atoms with E-state index in [9.17, 15) is 14.9 Å². The van der Waals surface area contributed by atoms with Crippen LogP contribution in [0.3, 0.4) is 0 Å². The molecule has 0 aliphatic heterocycles. The molecule has 0 fully saturated rings. The quantitative estimate of drug-likeness (QED) is 0.359. The molecule has 0 aliphatic rings. The minimum Gasteiger partial charge on any atom is -0.458 e. The van der Waals surface area contributed by atoms with Crippen LogP contribution in [-0.4, -0.2) is 17.5 Å². The average Bonchev–Trinajstić information content (AvgIpc) is 2.29. The van der Waals surface area contributed by atoms with Crippen LogP contribution in [-0.2, 0) is 4.74 Å². The number of nitro benzene ring substituents is 1. The predicted molar refractivity (Wildman–Crippen MR) is 63.2 cm³/mol. The molecule has 17 heavy (non-hydrogen) atoms. The van der Waals surface area contributed by atoms with Crippen LogP contribution in [0, 0.1) is 10.1 Å². The van der Waals surface area contributed by atoms with E-state index in [4.69, 9.17) is 16.3 Å². The van der Waals surface area contributed by atoms with Crippen LogP contribution in [0.5, 0.6) is 0 Å². The molecule has 1 rings (SSSR count). The van der Waals surface area contributed by atoms with E-state index in [1.807, 2.05) is 0 Å². The van der Waals surface area contributed by atoms with Gasteiger partial charge < -0.3 is 4.74 Å². The lowest BCUT2D eigenvalue weighted by Crippen LogP contribution is -2.05. The Balaban J connectivity index is 2.88. The maximum Gasteiger partial charge on any atom is 0.338 e. The lowest BCUT2D eigenvalue weighted by molar-refractivity contribution is -0.384. The van der Waals surface area contributed by atoms with Crippen molar-refractivity contribution < 1.29 is 14.5 Å². The van der Waals surface area contributed by atoms with Gasteiger partial charge in [0.1, 0.15) is 11.6 Å². The summed E-state index contributed by atoms with van der Waals surface area (Å²) in [4.78, 5) is 21.5. The highest BCUT2D eigenvalue weighted by Gasteiger charge is 2.16. The van der Waals surface area contributed by atoms with Crippen LogP contribution in [0.2, 0.25) is 5.02 Å². The first-order valence-electron chi connectivity index (χ1n) is 4.78. The second-order valence-corrected chi connectivity index (χ2v) is 3.50. The number of carbonyl (C=O) groups excluding carboxylic acids is 1. The first-order chi connectivity index (χ1) is 8.06. The van der Waals surface area contributed by atoms with Gasteiger partial charge in [-0.15, -0.1) is 0 Å². The van der Waals surface area contributed by atoms with Gasteiger partial charge in [-0.2, -0.15) is 0 Å². The molecule has 90 valence electrons. The molecule has 1 aromatic carbocycles. The van der Waals surface area contributed by atoms with E-state index in [1.165, 1.54) is 12.1 Å². The summed E-state index contributed by atoms with van der Waals surface area (Å²) < 4.78 is 4.85. The van der Waals surface area contributed by atoms with E-state index in [2.05, 4.69) is 0 Å². The van der Waals surface area contributed by atoms with Gasteiger partial charge in [0.25, 0.3) is 5.69 Å². The van der Waals surface area contributed by atoms with Crippen molar-refractivity contribution in [2.75, 3.05) is 6.61 Å². The Morgan fingerprint density at radius 3 is 2.88 bits per heavy atom. The van der Waals surface area contributed by atoms with Crippen molar-refractivity contribution in [1.82, 2.24) is 0 Å². The van der Waals surface area contributed by atoms with E-state index >= 15 is 0 Å². The molecule has 0 atom stereocenters. The minimum atomic E-state index is -0.648. The largest absolute Gasteiger partial charge is 0.458 e. The monoisotopic (exact) mass is 255 g/mol. The Hall–Kier alpha value is -1.88. The van der Waals surface area contributed by atoms with Gasteiger partial charge in [0.05, 0.1) is 10.5 Å². The summed E-state index contributed by atoms with van der Waals surface area (Å²) in [7, 11) is 0. The van der Waals surface area contributed by atoms with E-state index in [1.54, 1.807) is 19.1 Å². The molecule has 0 aromatic heterocycles. The minimum absolute atomic E-state index is 0.0139. The molecule has 0 radical (unpaired) electrons. The zero-order chi connectivity index (χ0) is 12.8. The molecule has 0 aliphatic carbocycles. The number of nitrogens with zero attached hydrogens (tertiary/aromatic N) is 1. The maximum absolute atomic E-state index is 11.5. The summed E-state index contributed by atoms with van der Waals surface area (Å²) in [5.74, 6) is -0.622. The first kappa shape index (κ1) is 13.2. The Bertz CT molecular complexity index is 471. The molecule has 0 unspecified atom stereocenters. The normalized spacial score (nSPS) is 10.5. The average molecular weight is 256 g/mol. The van der Waals surface area contributed by atoms with Gasteiger partial charge in [0.15, 0.2) is 0 Å².